The highest BCUT2D eigenvalue weighted by molar-refractivity contribution is 8.77. The van der Waals surface area contributed by atoms with Crippen LogP contribution in [0, 0.1) is 0 Å². The van der Waals surface area contributed by atoms with Crippen molar-refractivity contribution >= 4 is 66.9 Å². The van der Waals surface area contributed by atoms with E-state index in [9.17, 15) is 45.5 Å². The molecule has 0 aromatic heterocycles. The molecular weight excluding hydrogens is 943 g/mol. The van der Waals surface area contributed by atoms with Crippen LogP contribution in [0.3, 0.4) is 0 Å². The van der Waals surface area contributed by atoms with Crippen LogP contribution in [-0.4, -0.2) is 138 Å². The Morgan fingerprint density at radius 1 is 0.656 bits per heavy atom. The lowest BCUT2D eigenvalue weighted by atomic mass is 10.2. The molecule has 0 heterocycles. The van der Waals surface area contributed by atoms with Crippen molar-refractivity contribution in [3.63, 3.8) is 0 Å². The van der Waals surface area contributed by atoms with Gasteiger partial charge >= 0.3 is 30.1 Å². The van der Waals surface area contributed by atoms with E-state index < -0.39 is 36.0 Å². The number of ether oxygens (including phenoxy) is 4. The number of carbonyl (C=O) groups excluding carboxylic acids is 3. The number of hydrogen-bond donors (Lipinski definition) is 7. The van der Waals surface area contributed by atoms with E-state index in [0.29, 0.717) is 11.5 Å². The third kappa shape index (κ3) is 32.4. The number of amides is 3. The lowest BCUT2D eigenvalue weighted by Crippen LogP contribution is -2.41. The molecule has 15 nitrogen and oxygen atoms in total. The summed E-state index contributed by atoms with van der Waals surface area (Å²) in [6.45, 7) is 12.5. The molecule has 0 saturated heterocycles. The predicted octanol–water partition coefficient (Wildman–Crippen LogP) is 6.53. The number of carbonyl (C=O) groups is 4. The highest BCUT2D eigenvalue weighted by Gasteiger charge is 2.38. The smallest absolute Gasteiger partial charge is 0.471 e. The number of carboxylic acids is 1. The van der Waals surface area contributed by atoms with E-state index in [2.05, 4.69) is 46.9 Å². The molecule has 0 aliphatic heterocycles. The molecule has 2 atom stereocenters. The van der Waals surface area contributed by atoms with Gasteiger partial charge in [0.1, 0.15) is 35.6 Å². The molecule has 0 aliphatic carbocycles. The fourth-order valence-electron chi connectivity index (χ4n) is 3.59. The average Bonchev–Trinajstić information content (AvgIpc) is 3.20. The summed E-state index contributed by atoms with van der Waals surface area (Å²) in [7, 11) is 6.31. The molecule has 0 spiro atoms. The summed E-state index contributed by atoms with van der Waals surface area (Å²) >= 11 is 0. The second kappa shape index (κ2) is 32.4. The van der Waals surface area contributed by atoms with Gasteiger partial charge in [0, 0.05) is 41.2 Å². The Hall–Kier alpha value is -3.30. The van der Waals surface area contributed by atoms with Gasteiger partial charge in [0.05, 0.1) is 32.0 Å². The molecule has 2 aromatic rings. The minimum atomic E-state index is -4.96. The molecule has 0 saturated carbocycles. The number of hydrogen-bond acceptors (Lipinski definition) is 15. The van der Waals surface area contributed by atoms with Crippen LogP contribution in [-0.2, 0) is 19.1 Å². The number of carboxylic acid groups (broad SMARTS) is 1. The van der Waals surface area contributed by atoms with Crippen LogP contribution in [0.5, 0.6) is 11.5 Å². The number of aromatic carboxylic acids is 1. The Bertz CT molecular complexity index is 1650. The van der Waals surface area contributed by atoms with E-state index in [-0.39, 0.29) is 105 Å². The van der Waals surface area contributed by atoms with Gasteiger partial charge < -0.3 is 56.0 Å². The highest BCUT2D eigenvalue weighted by Crippen LogP contribution is 2.39. The first-order valence-electron chi connectivity index (χ1n) is 18.7. The molecule has 25 heteroatoms. The van der Waals surface area contributed by atoms with E-state index >= 15 is 0 Å². The summed E-state index contributed by atoms with van der Waals surface area (Å²) in [5.41, 5.74) is 4.69. The quantitative estimate of drug-likeness (QED) is 0.0272. The van der Waals surface area contributed by atoms with Crippen molar-refractivity contribution < 1.29 is 79.8 Å². The SMILES string of the molecule is C.CC(C)(C)SSC(COc1cccc(C(=O)NCCNC(=O)C(F)(F)F)c1)OCCO.CC(C)(C)SSC(COc1cccc(C(=O)O)c1)OCCO.NCCNC(=O)C(F)(F)F. The average molecular weight is 1000 g/mol. The van der Waals surface area contributed by atoms with Crippen molar-refractivity contribution in [1.82, 2.24) is 16.0 Å². The summed E-state index contributed by atoms with van der Waals surface area (Å²) in [6.07, 6.45) is -9.76. The van der Waals surface area contributed by atoms with Gasteiger partial charge in [0.15, 0.2) is 0 Å². The summed E-state index contributed by atoms with van der Waals surface area (Å²) in [4.78, 5) is 43.8. The van der Waals surface area contributed by atoms with Crippen LogP contribution in [0.2, 0.25) is 0 Å². The van der Waals surface area contributed by atoms with E-state index in [1.807, 2.05) is 0 Å². The van der Waals surface area contributed by atoms with Crippen LogP contribution < -0.4 is 31.2 Å². The number of rotatable bonds is 23. The maximum atomic E-state index is 12.2. The largest absolute Gasteiger partial charge is 0.490 e. The standard InChI is InChI=1S/C19H27F3N2O5S2.C15H22O5S2.C4H7F3N2O.CH4/c1-18(2,3)31-30-15(28-10-9-25)12-29-14-6-4-5-13(11-14)16(26)23-7-8-24-17(27)19(20,21)22;1-15(2,3)22-21-13(19-8-7-16)10-20-12-6-4-5-11(9-12)14(17)18;5-4(6,7)3(10)9-2-1-8;/h4-6,11,15,25H,7-10,12H2,1-3H3,(H,23,26)(H,24,27);4-6,9,13,16H,7-8,10H2,1-3H3,(H,17,18);1-2,8H2,(H,9,10);1H4. The molecule has 368 valence electrons. The summed E-state index contributed by atoms with van der Waals surface area (Å²) < 4.78 is 92.8. The number of aliphatic hydroxyl groups is 2. The number of aliphatic hydroxyl groups excluding tert-OH is 2. The zero-order valence-corrected chi connectivity index (χ0v) is 38.7. The van der Waals surface area contributed by atoms with Crippen LogP contribution in [0.15, 0.2) is 48.5 Å². The number of nitrogens with two attached hydrogens (primary N) is 1. The van der Waals surface area contributed by atoms with E-state index in [1.54, 1.807) is 67.3 Å². The predicted molar refractivity (Wildman–Crippen MR) is 241 cm³/mol. The number of nitrogens with one attached hydrogen (secondary N) is 3. The van der Waals surface area contributed by atoms with Crippen molar-refractivity contribution in [3.05, 3.63) is 59.7 Å². The zero-order valence-electron chi connectivity index (χ0n) is 35.4. The van der Waals surface area contributed by atoms with Crippen molar-refractivity contribution in [2.24, 2.45) is 5.73 Å². The normalized spacial score (nSPS) is 12.4. The van der Waals surface area contributed by atoms with Crippen LogP contribution in [0.25, 0.3) is 0 Å². The van der Waals surface area contributed by atoms with Crippen LogP contribution in [0.4, 0.5) is 26.3 Å². The molecule has 8 N–H and O–H groups in total. The summed E-state index contributed by atoms with van der Waals surface area (Å²) in [6, 6.07) is 12.6. The van der Waals surface area contributed by atoms with E-state index in [0.717, 1.165) is 0 Å². The third-order valence-electron chi connectivity index (χ3n) is 6.19. The Labute approximate surface area is 385 Å². The minimum absolute atomic E-state index is 0. The molecule has 0 aliphatic rings. The molecular formula is C39H60F6N4O11S4. The summed E-state index contributed by atoms with van der Waals surface area (Å²) in [5, 5.41) is 32.5. The third-order valence-corrected chi connectivity index (χ3v) is 13.2. The fourth-order valence-corrected chi connectivity index (χ4v) is 7.97. The Balaban J connectivity index is 0. The summed E-state index contributed by atoms with van der Waals surface area (Å²) in [5.74, 6) is -4.61. The second-order valence-corrected chi connectivity index (χ2v) is 20.5. The molecule has 2 unspecified atom stereocenters. The first kappa shape index (κ1) is 62.8. The second-order valence-electron chi connectivity index (χ2n) is 14.2. The number of halogens is 6. The van der Waals surface area contributed by atoms with Crippen molar-refractivity contribution in [3.8, 4) is 11.5 Å². The molecule has 0 bridgehead atoms. The minimum Gasteiger partial charge on any atom is -0.490 e. The Morgan fingerprint density at radius 2 is 1.05 bits per heavy atom. The Morgan fingerprint density at radius 3 is 1.42 bits per heavy atom. The highest BCUT2D eigenvalue weighted by atomic mass is 33.1. The molecule has 3 amide bonds. The van der Waals surface area contributed by atoms with Crippen LogP contribution in [0.1, 0.15) is 69.7 Å². The lowest BCUT2D eigenvalue weighted by Gasteiger charge is -2.22. The topological polar surface area (TPSA) is 228 Å². The maximum absolute atomic E-state index is 12.2. The van der Waals surface area contributed by atoms with Crippen LogP contribution >= 0.6 is 43.2 Å². The molecule has 2 rings (SSSR count). The van der Waals surface area contributed by atoms with Gasteiger partial charge in [-0.1, -0.05) is 104 Å². The van der Waals surface area contributed by atoms with Crippen molar-refractivity contribution in [2.45, 2.75) is 81.7 Å². The Kier molecular flexibility index (Phi) is 31.8. The van der Waals surface area contributed by atoms with Gasteiger partial charge in [-0.25, -0.2) is 4.79 Å². The van der Waals surface area contributed by atoms with Gasteiger partial charge in [-0.15, -0.1) is 0 Å². The van der Waals surface area contributed by atoms with Gasteiger partial charge in [0.25, 0.3) is 5.91 Å². The lowest BCUT2D eigenvalue weighted by molar-refractivity contribution is -0.173. The first-order valence-corrected chi connectivity index (χ1v) is 23.2. The molecule has 2 aromatic carbocycles. The maximum Gasteiger partial charge on any atom is 0.471 e. The van der Waals surface area contributed by atoms with E-state index in [4.69, 9.17) is 40.0 Å². The zero-order chi connectivity index (χ0) is 48.3. The number of benzene rings is 2. The first-order chi connectivity index (χ1) is 29.2. The monoisotopic (exact) mass is 1000 g/mol. The van der Waals surface area contributed by atoms with Gasteiger partial charge in [-0.2, -0.15) is 26.3 Å². The fraction of sp³-hybridized carbons (Fsp3) is 0.590. The molecule has 64 heavy (non-hydrogen) atoms. The van der Waals surface area contributed by atoms with Crippen molar-refractivity contribution in [1.29, 1.82) is 0 Å². The van der Waals surface area contributed by atoms with E-state index in [1.165, 1.54) is 35.1 Å². The molecule has 0 fully saturated rings. The van der Waals surface area contributed by atoms with Gasteiger partial charge in [-0.3, -0.25) is 14.4 Å². The molecule has 0 radical (unpaired) electrons. The van der Waals surface area contributed by atoms with Gasteiger partial charge in [-0.05, 0) is 36.4 Å². The van der Waals surface area contributed by atoms with Gasteiger partial charge in [0.2, 0.25) is 0 Å². The number of alkyl halides is 6. The van der Waals surface area contributed by atoms with Crippen molar-refractivity contribution in [2.75, 3.05) is 65.8 Å².